The number of aliphatic hydroxyl groups excluding tert-OH is 1. The van der Waals surface area contributed by atoms with Gasteiger partial charge in [0.25, 0.3) is 0 Å². The lowest BCUT2D eigenvalue weighted by Crippen LogP contribution is -2.55. The van der Waals surface area contributed by atoms with Crippen LogP contribution in [0.2, 0.25) is 0 Å². The van der Waals surface area contributed by atoms with Gasteiger partial charge in [0.1, 0.15) is 11.8 Å². The molecule has 1 aliphatic carbocycles. The topological polar surface area (TPSA) is 100 Å². The first kappa shape index (κ1) is 26.4. The van der Waals surface area contributed by atoms with Gasteiger partial charge in [-0.1, -0.05) is 48.6 Å². The highest BCUT2D eigenvalue weighted by Crippen LogP contribution is 2.42. The molecule has 5 rings (SSSR count). The number of aliphatic hydroxyl groups is 1. The molecule has 202 valence electrons. The molecule has 0 radical (unpaired) electrons. The number of amides is 2. The van der Waals surface area contributed by atoms with Gasteiger partial charge in [-0.2, -0.15) is 0 Å². The Bertz CT molecular complexity index is 1150. The molecule has 1 fully saturated rings. The predicted octanol–water partition coefficient (Wildman–Crippen LogP) is 2.83. The number of carbonyl (C=O) groups excluding carboxylic acids is 2. The van der Waals surface area contributed by atoms with Crippen molar-refractivity contribution in [3.05, 3.63) is 77.4 Å². The molecule has 2 aromatic rings. The maximum atomic E-state index is 13.6. The summed E-state index contributed by atoms with van der Waals surface area (Å²) in [6.45, 7) is 1.26. The fraction of sp³-hybridized carbons (Fsp3) is 0.467. The zero-order valence-corrected chi connectivity index (χ0v) is 21.8. The lowest BCUT2D eigenvalue weighted by molar-refractivity contribution is -0.138. The number of hydrogen-bond donors (Lipinski definition) is 3. The average Bonchev–Trinajstić information content (AvgIpc) is 3.51. The molecule has 0 spiro atoms. The lowest BCUT2D eigenvalue weighted by atomic mass is 9.99. The van der Waals surface area contributed by atoms with Gasteiger partial charge < -0.3 is 30.1 Å². The third-order valence-corrected chi connectivity index (χ3v) is 7.84. The molecule has 0 aromatic heterocycles. The third-order valence-electron chi connectivity index (χ3n) is 7.84. The number of nitrogens with zero attached hydrogens (tertiary/aromatic N) is 1. The Morgan fingerprint density at radius 1 is 1.11 bits per heavy atom. The Morgan fingerprint density at radius 2 is 1.95 bits per heavy atom. The molecule has 8 heteroatoms. The quantitative estimate of drug-likeness (QED) is 0.538. The van der Waals surface area contributed by atoms with E-state index in [9.17, 15) is 14.7 Å². The first-order chi connectivity index (χ1) is 18.5. The van der Waals surface area contributed by atoms with Crippen molar-refractivity contribution in [3.63, 3.8) is 0 Å². The summed E-state index contributed by atoms with van der Waals surface area (Å²) in [6.07, 6.45) is 5.76. The van der Waals surface area contributed by atoms with Crippen molar-refractivity contribution >= 4 is 11.8 Å². The predicted molar refractivity (Wildman–Crippen MR) is 144 cm³/mol. The number of methoxy groups -OCH3 is 1. The number of carbonyl (C=O) groups is 2. The van der Waals surface area contributed by atoms with E-state index in [0.29, 0.717) is 32.4 Å². The molecule has 2 aromatic carbocycles. The summed E-state index contributed by atoms with van der Waals surface area (Å²) in [7, 11) is 1.65. The molecule has 5 atom stereocenters. The molecule has 3 N–H and O–H groups in total. The summed E-state index contributed by atoms with van der Waals surface area (Å²) in [4.78, 5) is 27.8. The van der Waals surface area contributed by atoms with E-state index in [-0.39, 0.29) is 30.5 Å². The second-order valence-electron chi connectivity index (χ2n) is 10.3. The van der Waals surface area contributed by atoms with E-state index in [1.807, 2.05) is 54.6 Å². The van der Waals surface area contributed by atoms with Crippen molar-refractivity contribution < 1.29 is 24.2 Å². The highest BCUT2D eigenvalue weighted by Gasteiger charge is 2.36. The van der Waals surface area contributed by atoms with Crippen molar-refractivity contribution in [1.29, 1.82) is 0 Å². The van der Waals surface area contributed by atoms with Crippen LogP contribution in [0.5, 0.6) is 5.75 Å². The maximum absolute atomic E-state index is 13.6. The van der Waals surface area contributed by atoms with Crippen LogP contribution >= 0.6 is 0 Å². The van der Waals surface area contributed by atoms with Crippen LogP contribution in [0.15, 0.2) is 60.7 Å². The molecule has 2 amide bonds. The number of nitrogens with one attached hydrogen (secondary N) is 2. The summed E-state index contributed by atoms with van der Waals surface area (Å²) in [6, 6.07) is 14.7. The van der Waals surface area contributed by atoms with E-state index in [0.717, 1.165) is 35.3 Å². The van der Waals surface area contributed by atoms with Crippen LogP contribution < -0.4 is 15.4 Å². The molecule has 2 heterocycles. The van der Waals surface area contributed by atoms with Gasteiger partial charge in [-0.05, 0) is 54.5 Å². The Labute approximate surface area is 224 Å². The first-order valence-corrected chi connectivity index (χ1v) is 13.5. The number of β-amino-alcohol motifs (C(OH)–C–C–N with tert-alkyl or cyclic N) is 1. The highest BCUT2D eigenvalue weighted by atomic mass is 16.5. The van der Waals surface area contributed by atoms with Crippen LogP contribution in [-0.4, -0.2) is 66.8 Å². The second-order valence-corrected chi connectivity index (χ2v) is 10.3. The monoisotopic (exact) mass is 519 g/mol. The Morgan fingerprint density at radius 3 is 2.71 bits per heavy atom. The molecule has 2 aliphatic heterocycles. The van der Waals surface area contributed by atoms with Gasteiger partial charge in [-0.15, -0.1) is 0 Å². The van der Waals surface area contributed by atoms with Crippen LogP contribution in [0.25, 0.3) is 0 Å². The van der Waals surface area contributed by atoms with Gasteiger partial charge in [-0.3, -0.25) is 9.59 Å². The molecule has 3 aliphatic rings. The van der Waals surface area contributed by atoms with Gasteiger partial charge in [-0.25, -0.2) is 0 Å². The van der Waals surface area contributed by atoms with Crippen LogP contribution in [0.3, 0.4) is 0 Å². The minimum absolute atomic E-state index is 0.00103. The van der Waals surface area contributed by atoms with E-state index >= 15 is 0 Å². The minimum atomic E-state index is -0.844. The number of ether oxygens (including phenoxy) is 2. The van der Waals surface area contributed by atoms with E-state index < -0.39 is 18.2 Å². The number of fused-ring (bicyclic) bond motifs is 5. The van der Waals surface area contributed by atoms with Gasteiger partial charge in [0, 0.05) is 25.6 Å². The summed E-state index contributed by atoms with van der Waals surface area (Å²) in [5.74, 6) is 0.541. The molecule has 38 heavy (non-hydrogen) atoms. The fourth-order valence-electron chi connectivity index (χ4n) is 5.77. The number of likely N-dealkylation sites (tertiary alicyclic amines) is 1. The highest BCUT2D eigenvalue weighted by molar-refractivity contribution is 5.89. The Kier molecular flexibility index (Phi) is 8.42. The SMILES string of the molecule is COc1ccc2c(c1)C1CC2OCC=CC[C@H](N2CCCC2=O)C(=O)N[C@@H](Cc2ccccc2)[C@H](O)CN1. The second kappa shape index (κ2) is 12.1. The van der Waals surface area contributed by atoms with Crippen molar-refractivity contribution in [3.8, 4) is 5.75 Å². The first-order valence-electron chi connectivity index (χ1n) is 13.5. The summed E-state index contributed by atoms with van der Waals surface area (Å²) < 4.78 is 11.7. The van der Waals surface area contributed by atoms with E-state index in [2.05, 4.69) is 16.7 Å². The Hall–Kier alpha value is -3.20. The van der Waals surface area contributed by atoms with Crippen LogP contribution in [0.1, 0.15) is 54.5 Å². The van der Waals surface area contributed by atoms with Crippen molar-refractivity contribution in [2.75, 3.05) is 26.8 Å². The molecule has 2 bridgehead atoms. The van der Waals surface area contributed by atoms with Crippen molar-refractivity contribution in [2.24, 2.45) is 0 Å². The Balaban J connectivity index is 1.43. The van der Waals surface area contributed by atoms with Gasteiger partial charge in [0.05, 0.1) is 32.0 Å². The summed E-state index contributed by atoms with van der Waals surface area (Å²) in [5, 5.41) is 18.0. The maximum Gasteiger partial charge on any atom is 0.243 e. The number of rotatable bonds is 4. The smallest absolute Gasteiger partial charge is 0.243 e. The summed E-state index contributed by atoms with van der Waals surface area (Å²) in [5.41, 5.74) is 3.25. The fourth-order valence-corrected chi connectivity index (χ4v) is 5.77. The van der Waals surface area contributed by atoms with Gasteiger partial charge in [0.2, 0.25) is 11.8 Å². The number of benzene rings is 2. The molecular formula is C30H37N3O5. The molecule has 8 nitrogen and oxygen atoms in total. The number of hydrogen-bond acceptors (Lipinski definition) is 6. The van der Waals surface area contributed by atoms with E-state index in [4.69, 9.17) is 9.47 Å². The van der Waals surface area contributed by atoms with Crippen molar-refractivity contribution in [1.82, 2.24) is 15.5 Å². The largest absolute Gasteiger partial charge is 0.497 e. The van der Waals surface area contributed by atoms with E-state index in [1.165, 1.54) is 0 Å². The zero-order chi connectivity index (χ0) is 26.5. The molecule has 1 saturated heterocycles. The van der Waals surface area contributed by atoms with Crippen LogP contribution in [0.4, 0.5) is 0 Å². The standard InChI is InChI=1S/C30H37N3O5/c1-37-21-12-13-22-23(17-21)24-18-28(22)38-15-6-5-10-26(33-14-7-11-29(33)35)30(36)32-25(27(34)19-31-24)16-20-8-3-2-4-9-20/h2-6,8-9,12-13,17,24-28,31,34H,7,10-11,14-16,18-19H2,1H3,(H,32,36)/t24?,25-,26-,27+,28?/m0/s1. The third kappa shape index (κ3) is 5.93. The molecular weight excluding hydrogens is 482 g/mol. The van der Waals surface area contributed by atoms with Crippen LogP contribution in [0, 0.1) is 0 Å². The minimum Gasteiger partial charge on any atom is -0.497 e. The summed E-state index contributed by atoms with van der Waals surface area (Å²) >= 11 is 0. The average molecular weight is 520 g/mol. The molecule has 0 saturated carbocycles. The van der Waals surface area contributed by atoms with Crippen molar-refractivity contribution in [2.45, 2.75) is 62.4 Å². The zero-order valence-electron chi connectivity index (χ0n) is 21.8. The lowest BCUT2D eigenvalue weighted by Gasteiger charge is -2.31. The van der Waals surface area contributed by atoms with Crippen LogP contribution in [-0.2, 0) is 20.7 Å². The van der Waals surface area contributed by atoms with Gasteiger partial charge >= 0.3 is 0 Å². The normalized spacial score (nSPS) is 28.4. The molecule has 2 unspecified atom stereocenters. The van der Waals surface area contributed by atoms with Gasteiger partial charge in [0.15, 0.2) is 0 Å². The van der Waals surface area contributed by atoms with E-state index in [1.54, 1.807) is 12.0 Å².